The molecule has 0 fully saturated rings. The van der Waals surface area contributed by atoms with Gasteiger partial charge in [0.1, 0.15) is 0 Å². The maximum atomic E-state index is 13.1. The molecule has 0 bridgehead atoms. The van der Waals surface area contributed by atoms with E-state index in [0.29, 0.717) is 10.6 Å². The first-order valence-corrected chi connectivity index (χ1v) is 5.39. The number of aryl methyl sites for hydroxylation is 1. The molecule has 2 N–H and O–H groups in total. The summed E-state index contributed by atoms with van der Waals surface area (Å²) in [4.78, 5) is 6.61. The van der Waals surface area contributed by atoms with Gasteiger partial charge in [-0.3, -0.25) is 0 Å². The number of thiazole rings is 1. The highest BCUT2D eigenvalue weighted by Crippen LogP contribution is 2.29. The van der Waals surface area contributed by atoms with Gasteiger partial charge < -0.3 is 10.6 Å². The predicted molar refractivity (Wildman–Crippen MR) is 58.9 cm³/mol. The van der Waals surface area contributed by atoms with Crippen LogP contribution in [0, 0.1) is 6.92 Å². The van der Waals surface area contributed by atoms with E-state index in [4.69, 9.17) is 5.73 Å². The third-order valence-electron chi connectivity index (χ3n) is 1.98. The zero-order chi connectivity index (χ0) is 11.6. The van der Waals surface area contributed by atoms with E-state index in [1.54, 1.807) is 6.92 Å². The predicted octanol–water partition coefficient (Wildman–Crippen LogP) is 1.65. The first-order chi connectivity index (χ1) is 6.85. The molecule has 0 aliphatic carbocycles. The van der Waals surface area contributed by atoms with Gasteiger partial charge in [-0.1, -0.05) is 0 Å². The highest BCUT2D eigenvalue weighted by molar-refractivity contribution is 7.15. The molecule has 3 nitrogen and oxygen atoms in total. The molecule has 6 heteroatoms. The highest BCUT2D eigenvalue weighted by atomic mass is 32.1. The van der Waals surface area contributed by atoms with Crippen LogP contribution in [0.4, 0.5) is 13.9 Å². The molecular formula is C9H15F2N3S. The van der Waals surface area contributed by atoms with Gasteiger partial charge in [-0.05, 0) is 6.92 Å². The molecule has 0 unspecified atom stereocenters. The van der Waals surface area contributed by atoms with Crippen LogP contribution in [0.3, 0.4) is 0 Å². The Kier molecular flexibility index (Phi) is 3.62. The largest absolute Gasteiger partial charge is 0.354 e. The lowest BCUT2D eigenvalue weighted by atomic mass is 10.2. The van der Waals surface area contributed by atoms with Crippen LogP contribution in [-0.4, -0.2) is 31.5 Å². The molecule has 0 radical (unpaired) electrons. The Hall–Kier alpha value is -0.750. The number of aromatic nitrogens is 1. The van der Waals surface area contributed by atoms with Gasteiger partial charge in [0.25, 0.3) is 5.92 Å². The number of hydrogen-bond acceptors (Lipinski definition) is 4. The fourth-order valence-corrected chi connectivity index (χ4v) is 2.14. The average Bonchev–Trinajstić information content (AvgIpc) is 2.47. The molecule has 0 aliphatic rings. The molecule has 0 saturated heterocycles. The van der Waals surface area contributed by atoms with E-state index >= 15 is 0 Å². The van der Waals surface area contributed by atoms with E-state index in [2.05, 4.69) is 4.98 Å². The van der Waals surface area contributed by atoms with Crippen LogP contribution in [0.5, 0.6) is 0 Å². The first kappa shape index (κ1) is 12.3. The van der Waals surface area contributed by atoms with Crippen molar-refractivity contribution in [1.29, 1.82) is 0 Å². The summed E-state index contributed by atoms with van der Waals surface area (Å²) < 4.78 is 26.1. The first-order valence-electron chi connectivity index (χ1n) is 4.57. The maximum Gasteiger partial charge on any atom is 0.264 e. The minimum absolute atomic E-state index is 0.319. The lowest BCUT2D eigenvalue weighted by molar-refractivity contribution is 0.0121. The number of alkyl halides is 2. The molecule has 1 heterocycles. The third-order valence-corrected chi connectivity index (χ3v) is 3.31. The van der Waals surface area contributed by atoms with E-state index in [0.717, 1.165) is 5.13 Å². The van der Waals surface area contributed by atoms with Crippen LogP contribution in [0.1, 0.15) is 10.6 Å². The monoisotopic (exact) mass is 235 g/mol. The van der Waals surface area contributed by atoms with Crippen LogP contribution in [-0.2, 0) is 6.42 Å². The number of nitrogens with two attached hydrogens (primary N) is 1. The lowest BCUT2D eigenvalue weighted by Crippen LogP contribution is -2.30. The molecule has 0 atom stereocenters. The van der Waals surface area contributed by atoms with Crippen molar-refractivity contribution >= 4 is 16.5 Å². The van der Waals surface area contributed by atoms with Gasteiger partial charge >= 0.3 is 0 Å². The molecular weight excluding hydrogens is 220 g/mol. The topological polar surface area (TPSA) is 42.2 Å². The van der Waals surface area contributed by atoms with Gasteiger partial charge in [-0.15, -0.1) is 11.3 Å². The van der Waals surface area contributed by atoms with E-state index in [1.807, 2.05) is 19.0 Å². The van der Waals surface area contributed by atoms with Crippen molar-refractivity contribution in [2.45, 2.75) is 19.3 Å². The molecule has 1 rings (SSSR count). The highest BCUT2D eigenvalue weighted by Gasteiger charge is 2.29. The number of rotatable bonds is 4. The Morgan fingerprint density at radius 2 is 2.07 bits per heavy atom. The smallest absolute Gasteiger partial charge is 0.264 e. The molecule has 0 aliphatic heterocycles. The van der Waals surface area contributed by atoms with Crippen molar-refractivity contribution in [3.05, 3.63) is 10.6 Å². The van der Waals surface area contributed by atoms with Crippen LogP contribution >= 0.6 is 11.3 Å². The summed E-state index contributed by atoms with van der Waals surface area (Å²) in [7, 11) is 3.67. The summed E-state index contributed by atoms with van der Waals surface area (Å²) >= 11 is 1.29. The van der Waals surface area contributed by atoms with Crippen molar-refractivity contribution in [3.8, 4) is 0 Å². The van der Waals surface area contributed by atoms with Crippen LogP contribution in [0.2, 0.25) is 0 Å². The van der Waals surface area contributed by atoms with E-state index in [9.17, 15) is 8.78 Å². The maximum absolute atomic E-state index is 13.1. The van der Waals surface area contributed by atoms with E-state index in [1.165, 1.54) is 11.3 Å². The van der Waals surface area contributed by atoms with Gasteiger partial charge in [-0.25, -0.2) is 13.8 Å². The average molecular weight is 235 g/mol. The zero-order valence-corrected chi connectivity index (χ0v) is 9.87. The Morgan fingerprint density at radius 3 is 2.47 bits per heavy atom. The molecule has 1 aromatic rings. The summed E-state index contributed by atoms with van der Waals surface area (Å²) in [6.07, 6.45) is -0.319. The second-order valence-corrected chi connectivity index (χ2v) is 4.70. The summed E-state index contributed by atoms with van der Waals surface area (Å²) in [6, 6.07) is 0. The van der Waals surface area contributed by atoms with Crippen molar-refractivity contribution in [2.75, 3.05) is 25.5 Å². The van der Waals surface area contributed by atoms with Crippen LogP contribution < -0.4 is 10.6 Å². The summed E-state index contributed by atoms with van der Waals surface area (Å²) in [5.41, 5.74) is 5.66. The number of nitrogens with zero attached hydrogens (tertiary/aromatic N) is 2. The zero-order valence-electron chi connectivity index (χ0n) is 9.05. The quantitative estimate of drug-likeness (QED) is 0.863. The van der Waals surface area contributed by atoms with Crippen LogP contribution in [0.25, 0.3) is 0 Å². The normalized spacial score (nSPS) is 11.9. The van der Waals surface area contributed by atoms with Gasteiger partial charge in [0.2, 0.25) is 0 Å². The number of halogens is 2. The third kappa shape index (κ3) is 3.10. The Labute approximate surface area is 91.9 Å². The number of anilines is 1. The molecule has 1 aromatic heterocycles. The minimum Gasteiger partial charge on any atom is -0.354 e. The van der Waals surface area contributed by atoms with Crippen molar-refractivity contribution < 1.29 is 8.78 Å². The Morgan fingerprint density at radius 1 is 1.47 bits per heavy atom. The minimum atomic E-state index is -2.83. The fourth-order valence-electron chi connectivity index (χ4n) is 1.08. The van der Waals surface area contributed by atoms with Gasteiger partial charge in [-0.2, -0.15) is 0 Å². The van der Waals surface area contributed by atoms with E-state index in [-0.39, 0.29) is 6.42 Å². The molecule has 0 aromatic carbocycles. The van der Waals surface area contributed by atoms with Gasteiger partial charge in [0.05, 0.1) is 12.2 Å². The van der Waals surface area contributed by atoms with Crippen molar-refractivity contribution in [3.63, 3.8) is 0 Å². The van der Waals surface area contributed by atoms with Crippen molar-refractivity contribution in [2.24, 2.45) is 5.73 Å². The Bertz CT molecular complexity index is 336. The van der Waals surface area contributed by atoms with Crippen LogP contribution in [0.15, 0.2) is 0 Å². The summed E-state index contributed by atoms with van der Waals surface area (Å²) in [6.45, 7) is 1.12. The van der Waals surface area contributed by atoms with E-state index < -0.39 is 12.5 Å². The summed E-state index contributed by atoms with van der Waals surface area (Å²) in [5, 5.41) is 0.746. The fraction of sp³-hybridized carbons (Fsp3) is 0.667. The molecule has 0 spiro atoms. The molecule has 86 valence electrons. The van der Waals surface area contributed by atoms with Gasteiger partial charge in [0.15, 0.2) is 5.13 Å². The second-order valence-electron chi connectivity index (χ2n) is 3.64. The summed E-state index contributed by atoms with van der Waals surface area (Å²) in [5.74, 6) is -2.83. The second kappa shape index (κ2) is 4.40. The molecule has 15 heavy (non-hydrogen) atoms. The lowest BCUT2D eigenvalue weighted by Gasteiger charge is -2.12. The standard InChI is InChI=1S/C9H15F2N3S/c1-6-7(4-9(10,11)5-12)15-8(13-6)14(2)3/h4-5,12H2,1-3H3. The van der Waals surface area contributed by atoms with Crippen molar-refractivity contribution in [1.82, 2.24) is 4.98 Å². The molecule has 0 amide bonds. The Balaban J connectivity index is 2.86. The molecule has 0 saturated carbocycles. The number of hydrogen-bond donors (Lipinski definition) is 1. The SMILES string of the molecule is Cc1nc(N(C)C)sc1CC(F)(F)CN. The van der Waals surface area contributed by atoms with Gasteiger partial charge in [0, 0.05) is 25.4 Å².